The summed E-state index contributed by atoms with van der Waals surface area (Å²) in [5.41, 5.74) is -1.47. The first-order chi connectivity index (χ1) is 14.5. The number of hydrogen-bond donors (Lipinski definition) is 3. The quantitative estimate of drug-likeness (QED) is 0.468. The van der Waals surface area contributed by atoms with Crippen molar-refractivity contribution in [1.29, 1.82) is 0 Å². The van der Waals surface area contributed by atoms with Crippen molar-refractivity contribution in [2.24, 2.45) is 0 Å². The third kappa shape index (κ3) is 5.20. The fraction of sp³-hybridized carbons (Fsp3) is 0.316. The van der Waals surface area contributed by atoms with Crippen molar-refractivity contribution >= 4 is 21.6 Å². The molecule has 2 aromatic rings. The molecule has 1 amide bonds. The summed E-state index contributed by atoms with van der Waals surface area (Å²) < 4.78 is 95.4. The molecule has 0 saturated heterocycles. The van der Waals surface area contributed by atoms with Gasteiger partial charge in [-0.2, -0.15) is 0 Å². The molecule has 1 aliphatic carbocycles. The maximum absolute atomic E-state index is 14.2. The van der Waals surface area contributed by atoms with Crippen LogP contribution in [0, 0.1) is 29.1 Å². The molecule has 1 saturated carbocycles. The summed E-state index contributed by atoms with van der Waals surface area (Å²) in [6, 6.07) is 0.944. The average Bonchev–Trinajstić information content (AvgIpc) is 2.67. The van der Waals surface area contributed by atoms with Crippen LogP contribution in [0.25, 0.3) is 0 Å². The van der Waals surface area contributed by atoms with E-state index in [0.717, 1.165) is 0 Å². The van der Waals surface area contributed by atoms with Crippen molar-refractivity contribution in [2.75, 3.05) is 5.32 Å². The van der Waals surface area contributed by atoms with E-state index in [1.807, 2.05) is 5.32 Å². The molecule has 0 unspecified atom stereocenters. The van der Waals surface area contributed by atoms with Gasteiger partial charge in [-0.15, -0.1) is 0 Å². The zero-order valence-corrected chi connectivity index (χ0v) is 16.6. The molecule has 1 aliphatic rings. The van der Waals surface area contributed by atoms with Crippen LogP contribution in [0.1, 0.15) is 36.0 Å². The maximum Gasteiger partial charge on any atom is 0.258 e. The Morgan fingerprint density at radius 3 is 2.03 bits per heavy atom. The van der Waals surface area contributed by atoms with Crippen LogP contribution in [0.15, 0.2) is 29.2 Å². The van der Waals surface area contributed by atoms with Crippen LogP contribution in [0.5, 0.6) is 0 Å². The third-order valence-electron chi connectivity index (χ3n) is 4.82. The van der Waals surface area contributed by atoms with Crippen LogP contribution in [0.3, 0.4) is 0 Å². The van der Waals surface area contributed by atoms with E-state index in [0.29, 0.717) is 43.9 Å². The Bertz CT molecular complexity index is 1100. The fourth-order valence-electron chi connectivity index (χ4n) is 3.21. The maximum atomic E-state index is 14.2. The molecule has 0 bridgehead atoms. The van der Waals surface area contributed by atoms with Gasteiger partial charge < -0.3 is 10.4 Å². The van der Waals surface area contributed by atoms with E-state index in [1.54, 1.807) is 0 Å². The molecule has 0 radical (unpaired) electrons. The Hall–Kier alpha value is -2.57. The Morgan fingerprint density at radius 2 is 1.45 bits per heavy atom. The van der Waals surface area contributed by atoms with Crippen molar-refractivity contribution in [1.82, 2.24) is 4.72 Å². The topological polar surface area (TPSA) is 95.5 Å². The van der Waals surface area contributed by atoms with Crippen LogP contribution in [0.2, 0.25) is 0 Å². The summed E-state index contributed by atoms with van der Waals surface area (Å²) in [4.78, 5) is 11.3. The van der Waals surface area contributed by atoms with E-state index in [2.05, 4.69) is 4.72 Å². The third-order valence-corrected chi connectivity index (χ3v) is 6.35. The monoisotopic (exact) mass is 464 g/mol. The molecule has 31 heavy (non-hydrogen) atoms. The fourth-order valence-corrected chi connectivity index (χ4v) is 4.60. The van der Waals surface area contributed by atoms with Gasteiger partial charge in [-0.25, -0.2) is 35.1 Å². The second kappa shape index (κ2) is 8.89. The Kier molecular flexibility index (Phi) is 6.62. The largest absolute Gasteiger partial charge is 0.393 e. The molecule has 0 spiro atoms. The number of carbonyl (C=O) groups is 1. The number of aliphatic hydroxyl groups excluding tert-OH is 1. The second-order valence-electron chi connectivity index (χ2n) is 7.10. The molecular formula is C19H17F5N2O4S. The molecular weight excluding hydrogens is 447 g/mol. The first-order valence-corrected chi connectivity index (χ1v) is 10.6. The summed E-state index contributed by atoms with van der Waals surface area (Å²) in [5, 5.41) is 11.4. The number of sulfonamides is 1. The van der Waals surface area contributed by atoms with Gasteiger partial charge in [0.2, 0.25) is 10.0 Å². The summed E-state index contributed by atoms with van der Waals surface area (Å²) >= 11 is 0. The number of nitrogens with one attached hydrogen (secondary N) is 2. The smallest absolute Gasteiger partial charge is 0.258 e. The first kappa shape index (κ1) is 23.1. The number of amides is 1. The highest BCUT2D eigenvalue weighted by Crippen LogP contribution is 2.25. The molecule has 2 aromatic carbocycles. The van der Waals surface area contributed by atoms with Crippen LogP contribution < -0.4 is 10.0 Å². The van der Waals surface area contributed by atoms with Gasteiger partial charge >= 0.3 is 0 Å². The van der Waals surface area contributed by atoms with E-state index >= 15 is 0 Å². The number of carbonyl (C=O) groups excluding carboxylic acids is 1. The Morgan fingerprint density at radius 1 is 0.871 bits per heavy atom. The highest BCUT2D eigenvalue weighted by atomic mass is 32.2. The number of hydrogen-bond acceptors (Lipinski definition) is 4. The van der Waals surface area contributed by atoms with Gasteiger partial charge in [0.15, 0.2) is 17.5 Å². The van der Waals surface area contributed by atoms with Crippen LogP contribution in [0.4, 0.5) is 27.6 Å². The van der Waals surface area contributed by atoms with Crippen molar-refractivity contribution < 1.29 is 40.3 Å². The van der Waals surface area contributed by atoms with Crippen LogP contribution in [-0.2, 0) is 10.0 Å². The predicted molar refractivity (Wildman–Crippen MR) is 99.2 cm³/mol. The van der Waals surface area contributed by atoms with Gasteiger partial charge in [-0.05, 0) is 31.7 Å². The molecule has 168 valence electrons. The minimum Gasteiger partial charge on any atom is -0.393 e. The van der Waals surface area contributed by atoms with Crippen molar-refractivity contribution in [3.8, 4) is 0 Å². The van der Waals surface area contributed by atoms with Gasteiger partial charge in [0, 0.05) is 29.9 Å². The highest BCUT2D eigenvalue weighted by Gasteiger charge is 2.29. The SMILES string of the molecule is O=C(Nc1cc(F)c(F)c(F)c1)c1cc(S(=O)(=O)NC2CCC(O)CC2)c(F)cc1F. The lowest BCUT2D eigenvalue weighted by atomic mass is 9.94. The number of aliphatic hydroxyl groups is 1. The molecule has 1 fully saturated rings. The van der Waals surface area contributed by atoms with Gasteiger partial charge in [-0.3, -0.25) is 4.79 Å². The standard InChI is InChI=1S/C19H17F5N2O4S/c20-13-8-14(21)17(31(29,30)26-9-1-3-11(27)4-2-9)7-12(13)19(28)25-10-5-15(22)18(24)16(23)6-10/h5-9,11,26-27H,1-4H2,(H,25,28). The number of halogens is 5. The molecule has 6 nitrogen and oxygen atoms in total. The highest BCUT2D eigenvalue weighted by molar-refractivity contribution is 7.89. The minimum atomic E-state index is -4.50. The van der Waals surface area contributed by atoms with Gasteiger partial charge in [0.25, 0.3) is 5.91 Å². The van der Waals surface area contributed by atoms with E-state index < -0.39 is 73.3 Å². The lowest BCUT2D eigenvalue weighted by Gasteiger charge is -2.26. The molecule has 0 aromatic heterocycles. The molecule has 0 heterocycles. The summed E-state index contributed by atoms with van der Waals surface area (Å²) in [5.74, 6) is -9.20. The first-order valence-electron chi connectivity index (χ1n) is 9.13. The lowest BCUT2D eigenvalue weighted by Crippen LogP contribution is -2.39. The Labute approximate surface area is 174 Å². The van der Waals surface area contributed by atoms with Gasteiger partial charge in [0.1, 0.15) is 16.5 Å². The predicted octanol–water partition coefficient (Wildman–Crippen LogP) is 3.22. The molecule has 0 atom stereocenters. The number of anilines is 1. The zero-order chi connectivity index (χ0) is 22.9. The molecule has 12 heteroatoms. The van der Waals surface area contributed by atoms with E-state index in [1.165, 1.54) is 0 Å². The average molecular weight is 464 g/mol. The van der Waals surface area contributed by atoms with E-state index in [-0.39, 0.29) is 6.07 Å². The number of benzene rings is 2. The normalized spacial score (nSPS) is 19.3. The van der Waals surface area contributed by atoms with Crippen molar-refractivity contribution in [3.63, 3.8) is 0 Å². The lowest BCUT2D eigenvalue weighted by molar-refractivity contribution is 0.102. The summed E-state index contributed by atoms with van der Waals surface area (Å²) in [7, 11) is -4.50. The molecule has 3 N–H and O–H groups in total. The van der Waals surface area contributed by atoms with Crippen molar-refractivity contribution in [2.45, 2.75) is 42.7 Å². The second-order valence-corrected chi connectivity index (χ2v) is 8.78. The summed E-state index contributed by atoms with van der Waals surface area (Å²) in [6.45, 7) is 0. The van der Waals surface area contributed by atoms with Crippen LogP contribution >= 0.6 is 0 Å². The zero-order valence-electron chi connectivity index (χ0n) is 15.8. The van der Waals surface area contributed by atoms with Gasteiger partial charge in [0.05, 0.1) is 11.7 Å². The minimum absolute atomic E-state index is 0.194. The molecule has 3 rings (SSSR count). The van der Waals surface area contributed by atoms with Crippen molar-refractivity contribution in [3.05, 3.63) is 58.9 Å². The van der Waals surface area contributed by atoms with Gasteiger partial charge in [-0.1, -0.05) is 0 Å². The summed E-state index contributed by atoms with van der Waals surface area (Å²) in [6.07, 6.45) is 0.741. The molecule has 0 aliphatic heterocycles. The van der Waals surface area contributed by atoms with Crippen LogP contribution in [-0.4, -0.2) is 31.6 Å². The Balaban J connectivity index is 1.87. The van der Waals surface area contributed by atoms with E-state index in [4.69, 9.17) is 0 Å². The van der Waals surface area contributed by atoms with E-state index in [9.17, 15) is 40.3 Å². The number of rotatable bonds is 5.